The lowest BCUT2D eigenvalue weighted by Crippen LogP contribution is -2.30. The quantitative estimate of drug-likeness (QED) is 0.619. The molecule has 2 heterocycles. The van der Waals surface area contributed by atoms with Crippen molar-refractivity contribution in [3.8, 4) is 0 Å². The first-order valence-corrected chi connectivity index (χ1v) is 6.75. The third-order valence-corrected chi connectivity index (χ3v) is 3.51. The van der Waals surface area contributed by atoms with Crippen molar-refractivity contribution in [3.05, 3.63) is 59.5 Å². The predicted octanol–water partition coefficient (Wildman–Crippen LogP) is 2.90. The summed E-state index contributed by atoms with van der Waals surface area (Å²) in [7, 11) is 0. The van der Waals surface area contributed by atoms with Crippen LogP contribution in [0.2, 0.25) is 0 Å². The van der Waals surface area contributed by atoms with Crippen molar-refractivity contribution >= 4 is 11.8 Å². The molecule has 3 rings (SSSR count). The number of rotatable bonds is 5. The van der Waals surface area contributed by atoms with Crippen LogP contribution >= 0.6 is 0 Å². The molecule has 0 N–H and O–H groups in total. The molecule has 1 aromatic carbocycles. The summed E-state index contributed by atoms with van der Waals surface area (Å²) in [6.07, 6.45) is 4.16. The number of amides is 2. The lowest BCUT2D eigenvalue weighted by Gasteiger charge is -2.13. The zero-order valence-electron chi connectivity index (χ0n) is 11.0. The summed E-state index contributed by atoms with van der Waals surface area (Å²) in [5, 5.41) is 0. The molecule has 2 amide bonds. The van der Waals surface area contributed by atoms with Crippen LogP contribution in [0.1, 0.15) is 39.3 Å². The molecule has 1 aliphatic heterocycles. The summed E-state index contributed by atoms with van der Waals surface area (Å²) >= 11 is 0. The molecular weight excluding hydrogens is 254 g/mol. The van der Waals surface area contributed by atoms with E-state index in [4.69, 9.17) is 4.42 Å². The molecule has 0 spiro atoms. The molecule has 1 aliphatic rings. The van der Waals surface area contributed by atoms with E-state index in [1.165, 1.54) is 4.90 Å². The van der Waals surface area contributed by atoms with Gasteiger partial charge in [0.2, 0.25) is 0 Å². The van der Waals surface area contributed by atoms with Gasteiger partial charge in [0, 0.05) is 13.0 Å². The smallest absolute Gasteiger partial charge is 0.261 e. The number of carbonyl (C=O) groups excluding carboxylic acids is 2. The third kappa shape index (κ3) is 2.25. The van der Waals surface area contributed by atoms with Gasteiger partial charge in [0.05, 0.1) is 17.4 Å². The number of imide groups is 1. The predicted molar refractivity (Wildman–Crippen MR) is 73.5 cm³/mol. The van der Waals surface area contributed by atoms with Crippen molar-refractivity contribution in [1.29, 1.82) is 0 Å². The Morgan fingerprint density at radius 3 is 2.20 bits per heavy atom. The summed E-state index contributed by atoms with van der Waals surface area (Å²) in [6, 6.07) is 10.8. The molecule has 0 aliphatic carbocycles. The highest BCUT2D eigenvalue weighted by molar-refractivity contribution is 6.21. The Morgan fingerprint density at radius 1 is 0.900 bits per heavy atom. The summed E-state index contributed by atoms with van der Waals surface area (Å²) in [4.78, 5) is 25.6. The van der Waals surface area contributed by atoms with Crippen LogP contribution in [-0.2, 0) is 6.42 Å². The van der Waals surface area contributed by atoms with Gasteiger partial charge in [0.1, 0.15) is 5.76 Å². The zero-order chi connectivity index (χ0) is 13.9. The second kappa shape index (κ2) is 5.33. The van der Waals surface area contributed by atoms with Crippen LogP contribution in [0.25, 0.3) is 0 Å². The molecule has 4 nitrogen and oxygen atoms in total. The summed E-state index contributed by atoms with van der Waals surface area (Å²) in [5.41, 5.74) is 1.03. The van der Waals surface area contributed by atoms with Gasteiger partial charge in [-0.3, -0.25) is 14.5 Å². The number of unbranched alkanes of at least 4 members (excludes halogenated alkanes) is 1. The van der Waals surface area contributed by atoms with Crippen LogP contribution in [0.5, 0.6) is 0 Å². The number of hydrogen-bond donors (Lipinski definition) is 0. The fourth-order valence-corrected chi connectivity index (χ4v) is 2.47. The van der Waals surface area contributed by atoms with Crippen LogP contribution in [0.3, 0.4) is 0 Å². The van der Waals surface area contributed by atoms with Gasteiger partial charge in [-0.1, -0.05) is 12.1 Å². The Hall–Kier alpha value is -2.36. The number of fused-ring (bicyclic) bond motifs is 1. The fraction of sp³-hybridized carbons (Fsp3) is 0.250. The van der Waals surface area contributed by atoms with E-state index in [2.05, 4.69) is 0 Å². The Morgan fingerprint density at radius 2 is 1.60 bits per heavy atom. The Kier molecular flexibility index (Phi) is 3.37. The summed E-state index contributed by atoms with van der Waals surface area (Å²) < 4.78 is 5.25. The van der Waals surface area contributed by atoms with Gasteiger partial charge in [0.15, 0.2) is 0 Å². The number of benzene rings is 1. The molecular formula is C16H15NO3. The van der Waals surface area contributed by atoms with Crippen molar-refractivity contribution < 1.29 is 14.0 Å². The van der Waals surface area contributed by atoms with E-state index in [0.717, 1.165) is 25.0 Å². The van der Waals surface area contributed by atoms with E-state index in [0.29, 0.717) is 17.7 Å². The standard InChI is InChI=1S/C16H15NO3/c18-15-13-8-1-2-9-14(13)16(19)17(15)10-4-3-6-12-7-5-11-20-12/h1-2,5,7-9,11H,3-4,6,10H2. The van der Waals surface area contributed by atoms with Crippen LogP contribution in [-0.4, -0.2) is 23.3 Å². The van der Waals surface area contributed by atoms with Gasteiger partial charge in [-0.25, -0.2) is 0 Å². The second-order valence-corrected chi connectivity index (χ2v) is 4.84. The Labute approximate surface area is 117 Å². The van der Waals surface area contributed by atoms with Crippen molar-refractivity contribution in [2.45, 2.75) is 19.3 Å². The van der Waals surface area contributed by atoms with E-state index in [9.17, 15) is 9.59 Å². The van der Waals surface area contributed by atoms with Crippen LogP contribution < -0.4 is 0 Å². The maximum atomic E-state index is 12.1. The van der Waals surface area contributed by atoms with Crippen LogP contribution in [0.4, 0.5) is 0 Å². The minimum atomic E-state index is -0.177. The third-order valence-electron chi connectivity index (χ3n) is 3.51. The van der Waals surface area contributed by atoms with Gasteiger partial charge in [-0.05, 0) is 37.1 Å². The van der Waals surface area contributed by atoms with Crippen molar-refractivity contribution in [3.63, 3.8) is 0 Å². The molecule has 0 saturated carbocycles. The highest BCUT2D eigenvalue weighted by Crippen LogP contribution is 2.22. The largest absolute Gasteiger partial charge is 0.469 e. The zero-order valence-corrected chi connectivity index (χ0v) is 11.0. The van der Waals surface area contributed by atoms with Gasteiger partial charge in [-0.15, -0.1) is 0 Å². The average molecular weight is 269 g/mol. The van der Waals surface area contributed by atoms with Crippen molar-refractivity contribution in [2.24, 2.45) is 0 Å². The molecule has 0 saturated heterocycles. The highest BCUT2D eigenvalue weighted by atomic mass is 16.3. The normalized spacial score (nSPS) is 13.9. The van der Waals surface area contributed by atoms with Gasteiger partial charge in [0.25, 0.3) is 11.8 Å². The van der Waals surface area contributed by atoms with Crippen LogP contribution in [0, 0.1) is 0 Å². The molecule has 1 aromatic heterocycles. The number of nitrogens with zero attached hydrogens (tertiary/aromatic N) is 1. The first kappa shape index (κ1) is 12.7. The Bertz CT molecular complexity index is 596. The fourth-order valence-electron chi connectivity index (χ4n) is 2.47. The molecule has 0 bridgehead atoms. The van der Waals surface area contributed by atoms with Crippen molar-refractivity contribution in [2.75, 3.05) is 6.54 Å². The number of furan rings is 1. The number of aryl methyl sites for hydroxylation is 1. The molecule has 4 heteroatoms. The van der Waals surface area contributed by atoms with Gasteiger partial charge < -0.3 is 4.42 Å². The maximum Gasteiger partial charge on any atom is 0.261 e. The summed E-state index contributed by atoms with van der Waals surface area (Å²) in [5.74, 6) is 0.583. The van der Waals surface area contributed by atoms with Gasteiger partial charge in [-0.2, -0.15) is 0 Å². The monoisotopic (exact) mass is 269 g/mol. The highest BCUT2D eigenvalue weighted by Gasteiger charge is 2.34. The Balaban J connectivity index is 1.57. The lowest BCUT2D eigenvalue weighted by molar-refractivity contribution is 0.0652. The second-order valence-electron chi connectivity index (χ2n) is 4.84. The molecule has 2 aromatic rings. The van der Waals surface area contributed by atoms with E-state index in [1.807, 2.05) is 12.1 Å². The SMILES string of the molecule is O=C1c2ccccc2C(=O)N1CCCCc1ccco1. The molecule has 20 heavy (non-hydrogen) atoms. The number of hydrogen-bond acceptors (Lipinski definition) is 3. The minimum Gasteiger partial charge on any atom is -0.469 e. The van der Waals surface area contributed by atoms with Crippen molar-refractivity contribution in [1.82, 2.24) is 4.90 Å². The molecule has 0 atom stereocenters. The number of carbonyl (C=O) groups is 2. The minimum absolute atomic E-state index is 0.177. The average Bonchev–Trinajstić information content (AvgIpc) is 3.06. The van der Waals surface area contributed by atoms with Crippen LogP contribution in [0.15, 0.2) is 47.1 Å². The van der Waals surface area contributed by atoms with E-state index >= 15 is 0 Å². The van der Waals surface area contributed by atoms with E-state index in [-0.39, 0.29) is 11.8 Å². The molecule has 0 radical (unpaired) electrons. The van der Waals surface area contributed by atoms with Gasteiger partial charge >= 0.3 is 0 Å². The topological polar surface area (TPSA) is 50.5 Å². The molecule has 0 fully saturated rings. The maximum absolute atomic E-state index is 12.1. The summed E-state index contributed by atoms with van der Waals surface area (Å²) in [6.45, 7) is 0.465. The first-order valence-electron chi connectivity index (χ1n) is 6.75. The van der Waals surface area contributed by atoms with E-state index < -0.39 is 0 Å². The van der Waals surface area contributed by atoms with E-state index in [1.54, 1.807) is 30.5 Å². The molecule has 102 valence electrons. The lowest BCUT2D eigenvalue weighted by atomic mass is 10.1. The molecule has 0 unspecified atom stereocenters. The first-order chi connectivity index (χ1) is 9.77.